The number of aromatic nitrogens is 4. The van der Waals surface area contributed by atoms with Crippen molar-refractivity contribution in [3.8, 4) is 28.6 Å². The van der Waals surface area contributed by atoms with Crippen LogP contribution in [0.3, 0.4) is 0 Å². The Hall–Kier alpha value is -4.18. The van der Waals surface area contributed by atoms with Crippen LogP contribution in [-0.2, 0) is 5.75 Å². The maximum Gasteiger partial charge on any atom is 0.266 e. The molecule has 0 spiro atoms. The summed E-state index contributed by atoms with van der Waals surface area (Å²) in [6.45, 7) is 0.0837. The number of benzene rings is 3. The number of rotatable bonds is 5. The highest BCUT2D eigenvalue weighted by Gasteiger charge is 2.20. The van der Waals surface area contributed by atoms with Crippen LogP contribution in [0.5, 0.6) is 11.5 Å². The molecule has 3 aromatic carbocycles. The van der Waals surface area contributed by atoms with Gasteiger partial charge in [-0.1, -0.05) is 47.3 Å². The molecule has 3 heterocycles. The van der Waals surface area contributed by atoms with Gasteiger partial charge in [-0.3, -0.25) is 9.36 Å². The van der Waals surface area contributed by atoms with E-state index in [1.807, 2.05) is 30.3 Å². The zero-order valence-electron chi connectivity index (χ0n) is 17.5. The maximum atomic E-state index is 13.6. The number of thioether (sulfide) groups is 1. The van der Waals surface area contributed by atoms with Gasteiger partial charge >= 0.3 is 0 Å². The summed E-state index contributed by atoms with van der Waals surface area (Å²) in [4.78, 5) is 22.6. The Bertz CT molecular complexity index is 1570. The molecule has 1 aliphatic rings. The first-order valence-electron chi connectivity index (χ1n) is 10.3. The van der Waals surface area contributed by atoms with Crippen LogP contribution in [0.4, 0.5) is 4.39 Å². The van der Waals surface area contributed by atoms with Gasteiger partial charge in [0.2, 0.25) is 18.5 Å². The Morgan fingerprint density at radius 3 is 2.53 bits per heavy atom. The summed E-state index contributed by atoms with van der Waals surface area (Å²) < 4.78 is 31.2. The van der Waals surface area contributed by atoms with Crippen LogP contribution in [0.1, 0.15) is 5.89 Å². The van der Waals surface area contributed by atoms with Crippen LogP contribution in [0.2, 0.25) is 0 Å². The van der Waals surface area contributed by atoms with Gasteiger partial charge < -0.3 is 14.0 Å². The van der Waals surface area contributed by atoms with Crippen molar-refractivity contribution in [2.24, 2.45) is 0 Å². The zero-order valence-corrected chi connectivity index (χ0v) is 18.3. The fourth-order valence-corrected chi connectivity index (χ4v) is 4.46. The molecule has 0 unspecified atom stereocenters. The average Bonchev–Trinajstić information content (AvgIpc) is 3.52. The van der Waals surface area contributed by atoms with Crippen LogP contribution in [-0.4, -0.2) is 26.5 Å². The van der Waals surface area contributed by atoms with E-state index in [2.05, 4.69) is 10.1 Å². The molecule has 10 heteroatoms. The quantitative estimate of drug-likeness (QED) is 0.270. The van der Waals surface area contributed by atoms with Gasteiger partial charge in [0.25, 0.3) is 5.56 Å². The topological polar surface area (TPSA) is 92.3 Å². The average molecular weight is 474 g/mol. The van der Waals surface area contributed by atoms with Gasteiger partial charge in [-0.2, -0.15) is 4.98 Å². The SMILES string of the molecule is O=c1c2cc3c(cc2nc(SCc2nc(-c4ccccc4)no2)n1-c1ccc(F)cc1)OCO3. The van der Waals surface area contributed by atoms with Gasteiger partial charge in [-0.25, -0.2) is 9.37 Å². The van der Waals surface area contributed by atoms with Crippen LogP contribution < -0.4 is 15.0 Å². The molecule has 2 aromatic heterocycles. The van der Waals surface area contributed by atoms with Crippen molar-refractivity contribution in [1.82, 2.24) is 19.7 Å². The highest BCUT2D eigenvalue weighted by molar-refractivity contribution is 7.98. The number of nitrogens with zero attached hydrogens (tertiary/aromatic N) is 4. The van der Waals surface area contributed by atoms with E-state index < -0.39 is 5.82 Å². The Morgan fingerprint density at radius 2 is 1.74 bits per heavy atom. The second-order valence-corrected chi connectivity index (χ2v) is 8.34. The van der Waals surface area contributed by atoms with Crippen LogP contribution in [0.15, 0.2) is 81.2 Å². The Morgan fingerprint density at radius 1 is 0.971 bits per heavy atom. The smallest absolute Gasteiger partial charge is 0.266 e. The zero-order chi connectivity index (χ0) is 23.1. The van der Waals surface area contributed by atoms with E-state index in [0.29, 0.717) is 45.0 Å². The molecule has 0 aliphatic carbocycles. The summed E-state index contributed by atoms with van der Waals surface area (Å²) >= 11 is 1.26. The minimum Gasteiger partial charge on any atom is -0.454 e. The first-order chi connectivity index (χ1) is 16.7. The van der Waals surface area contributed by atoms with E-state index in [1.165, 1.54) is 40.6 Å². The number of hydrogen-bond acceptors (Lipinski definition) is 8. The molecule has 1 aliphatic heterocycles. The molecule has 8 nitrogen and oxygen atoms in total. The molecule has 0 radical (unpaired) electrons. The standard InChI is InChI=1S/C24H15FN4O4S/c25-15-6-8-16(9-7-15)29-23(30)17-10-19-20(32-13-31-19)11-18(17)26-24(29)34-12-21-27-22(28-33-21)14-4-2-1-3-5-14/h1-11H,12-13H2. The summed E-state index contributed by atoms with van der Waals surface area (Å²) in [5, 5.41) is 4.79. The summed E-state index contributed by atoms with van der Waals surface area (Å²) in [6, 6.07) is 18.4. The Labute approximate surface area is 196 Å². The highest BCUT2D eigenvalue weighted by Crippen LogP contribution is 2.35. The third kappa shape index (κ3) is 3.67. The van der Waals surface area contributed by atoms with E-state index in [-0.39, 0.29) is 18.1 Å². The van der Waals surface area contributed by atoms with Gasteiger partial charge in [0.1, 0.15) is 5.82 Å². The summed E-state index contributed by atoms with van der Waals surface area (Å²) in [7, 11) is 0. The first kappa shape index (κ1) is 20.4. The van der Waals surface area contributed by atoms with Gasteiger partial charge in [-0.15, -0.1) is 0 Å². The predicted molar refractivity (Wildman–Crippen MR) is 123 cm³/mol. The van der Waals surface area contributed by atoms with Crippen molar-refractivity contribution in [2.45, 2.75) is 10.9 Å². The van der Waals surface area contributed by atoms with E-state index in [9.17, 15) is 9.18 Å². The molecular formula is C24H15FN4O4S. The molecule has 34 heavy (non-hydrogen) atoms. The number of hydrogen-bond donors (Lipinski definition) is 0. The second-order valence-electron chi connectivity index (χ2n) is 7.40. The van der Waals surface area contributed by atoms with E-state index in [0.717, 1.165) is 5.56 Å². The van der Waals surface area contributed by atoms with Crippen molar-refractivity contribution in [3.05, 3.63) is 88.8 Å². The fraction of sp³-hybridized carbons (Fsp3) is 0.0833. The van der Waals surface area contributed by atoms with E-state index >= 15 is 0 Å². The van der Waals surface area contributed by atoms with Crippen LogP contribution >= 0.6 is 11.8 Å². The number of halogens is 1. The molecule has 0 amide bonds. The van der Waals surface area contributed by atoms with Crippen molar-refractivity contribution in [2.75, 3.05) is 6.79 Å². The third-order valence-electron chi connectivity index (χ3n) is 5.24. The predicted octanol–water partition coefficient (Wildman–Crippen LogP) is 4.60. The van der Waals surface area contributed by atoms with Crippen molar-refractivity contribution >= 4 is 22.7 Å². The minimum absolute atomic E-state index is 0.0837. The minimum atomic E-state index is -0.401. The molecule has 0 atom stereocenters. The largest absolute Gasteiger partial charge is 0.454 e. The van der Waals surface area contributed by atoms with Gasteiger partial charge in [0, 0.05) is 11.6 Å². The van der Waals surface area contributed by atoms with Gasteiger partial charge in [0.15, 0.2) is 16.7 Å². The normalized spacial score (nSPS) is 12.4. The molecule has 0 saturated carbocycles. The lowest BCUT2D eigenvalue weighted by Crippen LogP contribution is -2.21. The first-order valence-corrected chi connectivity index (χ1v) is 11.3. The Balaban J connectivity index is 1.41. The third-order valence-corrected chi connectivity index (χ3v) is 6.16. The molecule has 6 rings (SSSR count). The molecular weight excluding hydrogens is 459 g/mol. The van der Waals surface area contributed by atoms with Gasteiger partial charge in [-0.05, 0) is 30.3 Å². The van der Waals surface area contributed by atoms with Crippen molar-refractivity contribution in [3.63, 3.8) is 0 Å². The molecule has 0 saturated heterocycles. The van der Waals surface area contributed by atoms with Gasteiger partial charge in [0.05, 0.1) is 22.3 Å². The van der Waals surface area contributed by atoms with E-state index in [4.69, 9.17) is 19.0 Å². The molecule has 0 bridgehead atoms. The molecule has 0 N–H and O–H groups in total. The Kier molecular flexibility index (Phi) is 4.99. The maximum absolute atomic E-state index is 13.6. The van der Waals surface area contributed by atoms with Crippen molar-refractivity contribution in [1.29, 1.82) is 0 Å². The van der Waals surface area contributed by atoms with Crippen LogP contribution in [0, 0.1) is 5.82 Å². The lowest BCUT2D eigenvalue weighted by atomic mass is 10.2. The summed E-state index contributed by atoms with van der Waals surface area (Å²) in [5.74, 6) is 1.75. The van der Waals surface area contributed by atoms with E-state index in [1.54, 1.807) is 12.1 Å². The summed E-state index contributed by atoms with van der Waals surface area (Å²) in [5.41, 5.74) is 1.47. The molecule has 168 valence electrons. The number of fused-ring (bicyclic) bond motifs is 2. The highest BCUT2D eigenvalue weighted by atomic mass is 32.2. The fourth-order valence-electron chi connectivity index (χ4n) is 3.61. The lowest BCUT2D eigenvalue weighted by molar-refractivity contribution is 0.174. The number of ether oxygens (including phenoxy) is 2. The molecule has 5 aromatic rings. The van der Waals surface area contributed by atoms with Crippen LogP contribution in [0.25, 0.3) is 28.0 Å². The monoisotopic (exact) mass is 474 g/mol. The van der Waals surface area contributed by atoms with Crippen molar-refractivity contribution < 1.29 is 18.4 Å². The lowest BCUT2D eigenvalue weighted by Gasteiger charge is -2.13. The molecule has 0 fully saturated rings. The summed E-state index contributed by atoms with van der Waals surface area (Å²) in [6.07, 6.45) is 0. The second kappa shape index (κ2) is 8.31.